The molecule has 0 N–H and O–H groups in total. The molecule has 0 fully saturated rings. The summed E-state index contributed by atoms with van der Waals surface area (Å²) < 4.78 is 0. The minimum absolute atomic E-state index is 0.319. The lowest BCUT2D eigenvalue weighted by Gasteiger charge is -2.35. The van der Waals surface area contributed by atoms with Crippen molar-refractivity contribution in [2.24, 2.45) is 0 Å². The van der Waals surface area contributed by atoms with Gasteiger partial charge in [0, 0.05) is 20.3 Å². The topological polar surface area (TPSA) is 25.9 Å². The molecule has 2 aliphatic rings. The number of fused-ring (bicyclic) bond motifs is 2. The predicted molar refractivity (Wildman–Crippen MR) is 96.2 cm³/mol. The number of benzene rings is 1. The fraction of sp³-hybridized carbons (Fsp3) is 0.389. The van der Waals surface area contributed by atoms with Gasteiger partial charge in [-0.05, 0) is 32.0 Å². The largest absolute Gasteiger partial charge is 0.353 e. The normalized spacial score (nSPS) is 22.6. The van der Waals surface area contributed by atoms with Gasteiger partial charge in [0.05, 0.1) is 35.6 Å². The summed E-state index contributed by atoms with van der Waals surface area (Å²) >= 11 is 0. The first kappa shape index (κ1) is 14.2. The van der Waals surface area contributed by atoms with Gasteiger partial charge in [-0.3, -0.25) is 4.98 Å². The van der Waals surface area contributed by atoms with Crippen molar-refractivity contribution in [1.82, 2.24) is 4.98 Å². The summed E-state index contributed by atoms with van der Waals surface area (Å²) in [6, 6.07) is 10.8. The standard InChI is InChI=1S/C18H23N5/c1-13-20(3)15-7-5-6-8-16(15)22(13)12-23-14(2)21(4)18-11-19-10-9-17(18)23/h5-11,13-14H,12H2,1-4H3/t13-,14+/m1/s1. The molecule has 0 saturated heterocycles. The molecule has 0 unspecified atom stereocenters. The Morgan fingerprint density at radius 3 is 2.09 bits per heavy atom. The molecule has 4 rings (SSSR count). The molecular formula is C18H23N5. The Hall–Kier alpha value is -2.43. The number of para-hydroxylation sites is 2. The van der Waals surface area contributed by atoms with Gasteiger partial charge in [-0.1, -0.05) is 12.1 Å². The predicted octanol–water partition coefficient (Wildman–Crippen LogP) is 2.94. The van der Waals surface area contributed by atoms with Crippen LogP contribution in [0.1, 0.15) is 13.8 Å². The highest BCUT2D eigenvalue weighted by Crippen LogP contribution is 2.42. The van der Waals surface area contributed by atoms with Crippen LogP contribution in [0.15, 0.2) is 42.7 Å². The smallest absolute Gasteiger partial charge is 0.100 e. The molecule has 0 bridgehead atoms. The Bertz CT molecular complexity index is 669. The van der Waals surface area contributed by atoms with E-state index in [1.54, 1.807) is 0 Å². The van der Waals surface area contributed by atoms with Crippen LogP contribution in [0.4, 0.5) is 22.7 Å². The SMILES string of the molecule is C[C@@H]1N(C)c2ccccc2N1CN1c2ccncc2N(C)[C@@H]1C. The molecule has 0 radical (unpaired) electrons. The zero-order valence-corrected chi connectivity index (χ0v) is 14.1. The lowest BCUT2D eigenvalue weighted by atomic mass is 10.2. The fourth-order valence-electron chi connectivity index (χ4n) is 3.67. The van der Waals surface area contributed by atoms with E-state index in [4.69, 9.17) is 0 Å². The summed E-state index contributed by atoms with van der Waals surface area (Å²) in [6.07, 6.45) is 4.50. The molecule has 5 nitrogen and oxygen atoms in total. The molecule has 0 spiro atoms. The highest BCUT2D eigenvalue weighted by molar-refractivity contribution is 5.80. The lowest BCUT2D eigenvalue weighted by Crippen LogP contribution is -2.49. The van der Waals surface area contributed by atoms with Gasteiger partial charge in [-0.25, -0.2) is 0 Å². The highest BCUT2D eigenvalue weighted by Gasteiger charge is 2.36. The Balaban J connectivity index is 1.69. The molecule has 2 aliphatic heterocycles. The molecule has 0 aliphatic carbocycles. The number of anilines is 4. The van der Waals surface area contributed by atoms with E-state index in [1.807, 2.05) is 12.4 Å². The van der Waals surface area contributed by atoms with Crippen molar-refractivity contribution in [3.05, 3.63) is 42.7 Å². The van der Waals surface area contributed by atoms with Crippen LogP contribution in [-0.2, 0) is 0 Å². The van der Waals surface area contributed by atoms with Crippen LogP contribution in [-0.4, -0.2) is 38.1 Å². The van der Waals surface area contributed by atoms with Crippen molar-refractivity contribution >= 4 is 22.7 Å². The van der Waals surface area contributed by atoms with Crippen LogP contribution >= 0.6 is 0 Å². The van der Waals surface area contributed by atoms with Gasteiger partial charge in [-0.2, -0.15) is 0 Å². The van der Waals surface area contributed by atoms with Gasteiger partial charge in [0.25, 0.3) is 0 Å². The van der Waals surface area contributed by atoms with Crippen LogP contribution < -0.4 is 19.6 Å². The van der Waals surface area contributed by atoms with Gasteiger partial charge < -0.3 is 19.6 Å². The Labute approximate surface area is 137 Å². The number of hydrogen-bond acceptors (Lipinski definition) is 5. The van der Waals surface area contributed by atoms with Crippen LogP contribution in [0.2, 0.25) is 0 Å². The number of hydrogen-bond donors (Lipinski definition) is 0. The van der Waals surface area contributed by atoms with Crippen molar-refractivity contribution in [2.75, 3.05) is 40.4 Å². The highest BCUT2D eigenvalue weighted by atomic mass is 15.5. The third-order valence-corrected chi connectivity index (χ3v) is 5.37. The molecule has 2 atom stereocenters. The summed E-state index contributed by atoms with van der Waals surface area (Å²) in [5.41, 5.74) is 5.07. The summed E-state index contributed by atoms with van der Waals surface area (Å²) in [7, 11) is 4.31. The summed E-state index contributed by atoms with van der Waals surface area (Å²) in [6.45, 7) is 5.37. The number of nitrogens with zero attached hydrogens (tertiary/aromatic N) is 5. The number of aromatic nitrogens is 1. The van der Waals surface area contributed by atoms with E-state index in [0.717, 1.165) is 6.67 Å². The summed E-state index contributed by atoms with van der Waals surface area (Å²) in [5, 5.41) is 0. The molecule has 23 heavy (non-hydrogen) atoms. The zero-order chi connectivity index (χ0) is 16.1. The van der Waals surface area contributed by atoms with E-state index in [9.17, 15) is 0 Å². The minimum atomic E-state index is 0.319. The third-order valence-electron chi connectivity index (χ3n) is 5.37. The monoisotopic (exact) mass is 309 g/mol. The summed E-state index contributed by atoms with van der Waals surface area (Å²) in [5.74, 6) is 0. The van der Waals surface area contributed by atoms with E-state index in [-0.39, 0.29) is 0 Å². The average molecular weight is 309 g/mol. The first-order valence-corrected chi connectivity index (χ1v) is 8.11. The minimum Gasteiger partial charge on any atom is -0.353 e. The third kappa shape index (κ3) is 1.96. The first-order chi connectivity index (χ1) is 11.1. The average Bonchev–Trinajstić information content (AvgIpc) is 2.97. The molecule has 1 aromatic carbocycles. The fourth-order valence-corrected chi connectivity index (χ4v) is 3.67. The number of rotatable bonds is 2. The van der Waals surface area contributed by atoms with Gasteiger partial charge in [0.15, 0.2) is 0 Å². The van der Waals surface area contributed by atoms with E-state index in [2.05, 4.69) is 82.9 Å². The van der Waals surface area contributed by atoms with Crippen LogP contribution in [0, 0.1) is 0 Å². The Morgan fingerprint density at radius 1 is 0.826 bits per heavy atom. The van der Waals surface area contributed by atoms with Crippen LogP contribution in [0.3, 0.4) is 0 Å². The van der Waals surface area contributed by atoms with E-state index in [1.165, 1.54) is 22.7 Å². The maximum atomic E-state index is 4.28. The Kier molecular flexibility index (Phi) is 3.11. The van der Waals surface area contributed by atoms with Crippen LogP contribution in [0.25, 0.3) is 0 Å². The zero-order valence-electron chi connectivity index (χ0n) is 14.1. The van der Waals surface area contributed by atoms with E-state index >= 15 is 0 Å². The van der Waals surface area contributed by atoms with Crippen molar-refractivity contribution in [3.8, 4) is 0 Å². The first-order valence-electron chi connectivity index (χ1n) is 8.11. The van der Waals surface area contributed by atoms with E-state index in [0.29, 0.717) is 12.3 Å². The number of pyridine rings is 1. The van der Waals surface area contributed by atoms with Crippen molar-refractivity contribution in [1.29, 1.82) is 0 Å². The molecular weight excluding hydrogens is 286 g/mol. The quantitative estimate of drug-likeness (QED) is 0.850. The maximum Gasteiger partial charge on any atom is 0.100 e. The molecule has 3 heterocycles. The van der Waals surface area contributed by atoms with Gasteiger partial charge in [0.2, 0.25) is 0 Å². The second-order valence-electron chi connectivity index (χ2n) is 6.42. The van der Waals surface area contributed by atoms with Crippen molar-refractivity contribution in [2.45, 2.75) is 26.2 Å². The molecule has 1 aromatic heterocycles. The van der Waals surface area contributed by atoms with Crippen molar-refractivity contribution in [3.63, 3.8) is 0 Å². The Morgan fingerprint density at radius 2 is 1.39 bits per heavy atom. The van der Waals surface area contributed by atoms with Gasteiger partial charge >= 0.3 is 0 Å². The molecule has 0 amide bonds. The molecule has 120 valence electrons. The van der Waals surface area contributed by atoms with Crippen LogP contribution in [0.5, 0.6) is 0 Å². The molecule has 2 aromatic rings. The second-order valence-corrected chi connectivity index (χ2v) is 6.42. The summed E-state index contributed by atoms with van der Waals surface area (Å²) in [4.78, 5) is 13.8. The van der Waals surface area contributed by atoms with E-state index < -0.39 is 0 Å². The maximum absolute atomic E-state index is 4.28. The van der Waals surface area contributed by atoms with Crippen molar-refractivity contribution < 1.29 is 0 Å². The lowest BCUT2D eigenvalue weighted by molar-refractivity contribution is 0.593. The second kappa shape index (κ2) is 5.05. The molecule has 0 saturated carbocycles. The van der Waals surface area contributed by atoms with Gasteiger partial charge in [0.1, 0.15) is 12.3 Å². The molecule has 5 heteroatoms. The van der Waals surface area contributed by atoms with Gasteiger partial charge in [-0.15, -0.1) is 0 Å².